The Morgan fingerprint density at radius 1 is 1.44 bits per heavy atom. The maximum Gasteiger partial charge on any atom is 0.0703 e. The molecule has 0 aromatic heterocycles. The average molecular weight is 132 g/mol. The monoisotopic (exact) mass is 132 g/mol. The van der Waals surface area contributed by atoms with Gasteiger partial charge in [-0.2, -0.15) is 0 Å². The van der Waals surface area contributed by atoms with Gasteiger partial charge in [0.25, 0.3) is 0 Å². The van der Waals surface area contributed by atoms with Crippen molar-refractivity contribution in [3.05, 3.63) is 0 Å². The van der Waals surface area contributed by atoms with E-state index in [0.717, 1.165) is 0 Å². The van der Waals surface area contributed by atoms with Crippen LogP contribution >= 0.6 is 0 Å². The topological polar surface area (TPSA) is 72.3 Å². The van der Waals surface area contributed by atoms with Gasteiger partial charge in [-0.25, -0.2) is 0 Å². The maximum absolute atomic E-state index is 9.05. The van der Waals surface area contributed by atoms with Crippen molar-refractivity contribution in [3.63, 3.8) is 0 Å². The Morgan fingerprint density at radius 3 is 1.78 bits per heavy atom. The van der Waals surface area contributed by atoms with Gasteiger partial charge in [0.05, 0.1) is 11.6 Å². The molecule has 0 saturated heterocycles. The Hall–Kier alpha value is -0.120. The molecule has 0 saturated carbocycles. The van der Waals surface area contributed by atoms with Crippen LogP contribution in [0.15, 0.2) is 0 Å². The zero-order valence-electron chi connectivity index (χ0n) is 6.26. The molecular weight excluding hydrogens is 116 g/mol. The number of rotatable bonds is 2. The molecule has 0 aromatic carbocycles. The van der Waals surface area contributed by atoms with Gasteiger partial charge in [0.2, 0.25) is 0 Å². The van der Waals surface area contributed by atoms with Crippen LogP contribution in [0, 0.1) is 0 Å². The molecule has 3 unspecified atom stereocenters. The summed E-state index contributed by atoms with van der Waals surface area (Å²) in [5.41, 5.74) is 10.4. The molecule has 0 bridgehead atoms. The Bertz CT molecular complexity index is 79.1. The van der Waals surface area contributed by atoms with Crippen molar-refractivity contribution in [2.75, 3.05) is 0 Å². The predicted molar refractivity (Wildman–Crippen MR) is 37.9 cm³/mol. The second-order valence-corrected chi connectivity index (χ2v) is 2.83. The van der Waals surface area contributed by atoms with Crippen LogP contribution in [0.25, 0.3) is 0 Å². The fraction of sp³-hybridized carbons (Fsp3) is 1.00. The first kappa shape index (κ1) is 8.88. The lowest BCUT2D eigenvalue weighted by molar-refractivity contribution is 0.0980. The number of aliphatic hydroxyl groups is 1. The standard InChI is InChI=1S/C6H16N2O/c1-4(7)6(3,8)5(2)9/h4-5,9H,7-8H2,1-3H3. The molecule has 3 heteroatoms. The zero-order chi connectivity index (χ0) is 7.65. The van der Waals surface area contributed by atoms with E-state index in [4.69, 9.17) is 16.6 Å². The molecule has 3 nitrogen and oxygen atoms in total. The first-order valence-corrected chi connectivity index (χ1v) is 3.11. The first-order chi connectivity index (χ1) is 3.89. The van der Waals surface area contributed by atoms with E-state index in [2.05, 4.69) is 0 Å². The van der Waals surface area contributed by atoms with E-state index >= 15 is 0 Å². The maximum atomic E-state index is 9.05. The summed E-state index contributed by atoms with van der Waals surface area (Å²) in [5.74, 6) is 0. The Kier molecular flexibility index (Phi) is 2.61. The summed E-state index contributed by atoms with van der Waals surface area (Å²) in [5, 5.41) is 9.05. The Labute approximate surface area is 56.0 Å². The molecule has 0 spiro atoms. The van der Waals surface area contributed by atoms with Crippen LogP contribution in [-0.4, -0.2) is 22.8 Å². The summed E-state index contributed by atoms with van der Waals surface area (Å²) in [6, 6.07) is -0.183. The third-order valence-electron chi connectivity index (χ3n) is 1.88. The van der Waals surface area contributed by atoms with E-state index in [1.54, 1.807) is 20.8 Å². The molecule has 0 aliphatic rings. The second-order valence-electron chi connectivity index (χ2n) is 2.83. The third kappa shape index (κ3) is 1.93. The highest BCUT2D eigenvalue weighted by atomic mass is 16.3. The fourth-order valence-corrected chi connectivity index (χ4v) is 0.380. The van der Waals surface area contributed by atoms with Crippen LogP contribution in [0.5, 0.6) is 0 Å². The van der Waals surface area contributed by atoms with Gasteiger partial charge >= 0.3 is 0 Å². The Morgan fingerprint density at radius 2 is 1.78 bits per heavy atom. The van der Waals surface area contributed by atoms with Gasteiger partial charge in [0.15, 0.2) is 0 Å². The van der Waals surface area contributed by atoms with Crippen LogP contribution in [0.4, 0.5) is 0 Å². The largest absolute Gasteiger partial charge is 0.391 e. The first-order valence-electron chi connectivity index (χ1n) is 3.11. The van der Waals surface area contributed by atoms with Gasteiger partial charge < -0.3 is 16.6 Å². The van der Waals surface area contributed by atoms with Crippen molar-refractivity contribution < 1.29 is 5.11 Å². The summed E-state index contributed by atoms with van der Waals surface area (Å²) in [4.78, 5) is 0. The van der Waals surface area contributed by atoms with Crippen LogP contribution in [-0.2, 0) is 0 Å². The van der Waals surface area contributed by atoms with E-state index in [1.165, 1.54) is 0 Å². The average Bonchev–Trinajstić information content (AvgIpc) is 1.65. The second kappa shape index (κ2) is 2.64. The SMILES string of the molecule is CC(N)C(C)(N)C(C)O. The van der Waals surface area contributed by atoms with Crippen molar-refractivity contribution in [1.82, 2.24) is 0 Å². The summed E-state index contributed by atoms with van der Waals surface area (Å²) in [6.45, 7) is 5.17. The van der Waals surface area contributed by atoms with E-state index in [-0.39, 0.29) is 6.04 Å². The van der Waals surface area contributed by atoms with E-state index in [9.17, 15) is 0 Å². The van der Waals surface area contributed by atoms with Gasteiger partial charge in [-0.05, 0) is 20.8 Å². The summed E-state index contributed by atoms with van der Waals surface area (Å²) in [7, 11) is 0. The zero-order valence-corrected chi connectivity index (χ0v) is 6.26. The molecule has 9 heavy (non-hydrogen) atoms. The van der Waals surface area contributed by atoms with Crippen molar-refractivity contribution in [2.45, 2.75) is 38.5 Å². The van der Waals surface area contributed by atoms with Gasteiger partial charge in [-0.15, -0.1) is 0 Å². The summed E-state index contributed by atoms with van der Waals surface area (Å²) >= 11 is 0. The predicted octanol–water partition coefficient (Wildman–Crippen LogP) is -0.568. The highest BCUT2D eigenvalue weighted by molar-refractivity contribution is 4.91. The highest BCUT2D eigenvalue weighted by Gasteiger charge is 2.28. The molecule has 0 heterocycles. The molecule has 0 rings (SSSR count). The fourth-order valence-electron chi connectivity index (χ4n) is 0.380. The smallest absolute Gasteiger partial charge is 0.0703 e. The molecule has 0 aromatic rings. The molecule has 5 N–H and O–H groups in total. The Balaban J connectivity index is 4.01. The third-order valence-corrected chi connectivity index (χ3v) is 1.88. The van der Waals surface area contributed by atoms with Crippen molar-refractivity contribution >= 4 is 0 Å². The van der Waals surface area contributed by atoms with Gasteiger partial charge in [-0.1, -0.05) is 0 Å². The number of aliphatic hydroxyl groups excluding tert-OH is 1. The van der Waals surface area contributed by atoms with Crippen molar-refractivity contribution in [3.8, 4) is 0 Å². The van der Waals surface area contributed by atoms with E-state index < -0.39 is 11.6 Å². The lowest BCUT2D eigenvalue weighted by Gasteiger charge is -2.31. The van der Waals surface area contributed by atoms with Crippen LogP contribution in [0.2, 0.25) is 0 Å². The lowest BCUT2D eigenvalue weighted by Crippen LogP contribution is -2.58. The molecule has 3 atom stereocenters. The van der Waals surface area contributed by atoms with Crippen molar-refractivity contribution in [2.24, 2.45) is 11.5 Å². The molecule has 0 aliphatic heterocycles. The molecular formula is C6H16N2O. The van der Waals surface area contributed by atoms with Gasteiger partial charge in [0.1, 0.15) is 0 Å². The van der Waals surface area contributed by atoms with E-state index in [1.807, 2.05) is 0 Å². The summed E-state index contributed by atoms with van der Waals surface area (Å²) in [6.07, 6.45) is -0.558. The number of hydrogen-bond donors (Lipinski definition) is 3. The highest BCUT2D eigenvalue weighted by Crippen LogP contribution is 2.08. The van der Waals surface area contributed by atoms with Gasteiger partial charge in [0, 0.05) is 6.04 Å². The lowest BCUT2D eigenvalue weighted by atomic mass is 9.90. The van der Waals surface area contributed by atoms with E-state index in [0.29, 0.717) is 0 Å². The van der Waals surface area contributed by atoms with Crippen LogP contribution in [0.3, 0.4) is 0 Å². The number of nitrogens with two attached hydrogens (primary N) is 2. The normalized spacial score (nSPS) is 24.7. The molecule has 0 amide bonds. The van der Waals surface area contributed by atoms with Crippen LogP contribution < -0.4 is 11.5 Å². The van der Waals surface area contributed by atoms with Crippen molar-refractivity contribution in [1.29, 1.82) is 0 Å². The van der Waals surface area contributed by atoms with Crippen LogP contribution in [0.1, 0.15) is 20.8 Å². The minimum absolute atomic E-state index is 0.183. The molecule has 0 radical (unpaired) electrons. The quantitative estimate of drug-likeness (QED) is 0.471. The molecule has 0 aliphatic carbocycles. The minimum Gasteiger partial charge on any atom is -0.391 e. The van der Waals surface area contributed by atoms with Gasteiger partial charge in [-0.3, -0.25) is 0 Å². The molecule has 56 valence electrons. The minimum atomic E-state index is -0.667. The summed E-state index contributed by atoms with van der Waals surface area (Å²) < 4.78 is 0. The molecule has 0 fully saturated rings. The number of hydrogen-bond acceptors (Lipinski definition) is 3.